The number of halogens is 1. The Bertz CT molecular complexity index is 859. The van der Waals surface area contributed by atoms with Gasteiger partial charge in [-0.2, -0.15) is 8.42 Å². The number of pyridine rings is 1. The molecule has 2 heterocycles. The molecule has 2 aromatic rings. The van der Waals surface area contributed by atoms with Crippen LogP contribution in [0.15, 0.2) is 47.6 Å². The first kappa shape index (κ1) is 19.1. The highest BCUT2D eigenvalue weighted by molar-refractivity contribution is 7.85. The molecule has 1 aliphatic heterocycles. The standard InChI is InChI=1S/C11H13ClN2O.C7H8O3S/c12-8-1-9(5-13-4-8)15-10-2-11(3-10)6-14-7-11;1-6-2-4-7(5-3-6)11(8,9)10/h1,4-5,10,14H,2-3,6-7H2;2-5H,1H3,(H,8,9,10). The first-order valence-electron chi connectivity index (χ1n) is 8.28. The molecule has 2 aliphatic rings. The molecule has 6 nitrogen and oxygen atoms in total. The summed E-state index contributed by atoms with van der Waals surface area (Å²) < 4.78 is 35.3. The zero-order chi connectivity index (χ0) is 18.8. The molecule has 1 aromatic carbocycles. The molecule has 1 aliphatic carbocycles. The second-order valence-corrected chi connectivity index (χ2v) is 8.74. The van der Waals surface area contributed by atoms with Crippen LogP contribution in [-0.4, -0.2) is 37.1 Å². The number of nitrogens with zero attached hydrogens (tertiary/aromatic N) is 1. The summed E-state index contributed by atoms with van der Waals surface area (Å²) in [4.78, 5) is 3.93. The molecule has 0 unspecified atom stereocenters. The average Bonchev–Trinajstić information content (AvgIpc) is 2.49. The lowest BCUT2D eigenvalue weighted by atomic mass is 9.63. The van der Waals surface area contributed by atoms with Gasteiger partial charge in [0, 0.05) is 30.8 Å². The van der Waals surface area contributed by atoms with Crippen molar-refractivity contribution in [2.45, 2.75) is 30.8 Å². The van der Waals surface area contributed by atoms with Crippen molar-refractivity contribution in [3.63, 3.8) is 0 Å². The van der Waals surface area contributed by atoms with Crippen LogP contribution in [0, 0.1) is 12.3 Å². The van der Waals surface area contributed by atoms with Gasteiger partial charge >= 0.3 is 0 Å². The van der Waals surface area contributed by atoms with E-state index in [2.05, 4.69) is 10.3 Å². The average molecular weight is 397 g/mol. The molecule has 4 rings (SSSR count). The molecule has 8 heteroatoms. The fourth-order valence-corrected chi connectivity index (χ4v) is 3.76. The van der Waals surface area contributed by atoms with Crippen LogP contribution in [0.25, 0.3) is 0 Å². The Kier molecular flexibility index (Phi) is 5.53. The SMILES string of the molecule is Cc1ccc(S(=O)(=O)O)cc1.Clc1cncc(OC2CC3(CNC3)C2)c1. The van der Waals surface area contributed by atoms with Gasteiger partial charge < -0.3 is 10.1 Å². The Balaban J connectivity index is 0.000000160. The van der Waals surface area contributed by atoms with Crippen molar-refractivity contribution in [1.29, 1.82) is 0 Å². The molecule has 26 heavy (non-hydrogen) atoms. The minimum absolute atomic E-state index is 0.0666. The van der Waals surface area contributed by atoms with Gasteiger partial charge in [0.05, 0.1) is 16.1 Å². The van der Waals surface area contributed by atoms with E-state index >= 15 is 0 Å². The Morgan fingerprint density at radius 3 is 2.38 bits per heavy atom. The van der Waals surface area contributed by atoms with Crippen LogP contribution in [0.3, 0.4) is 0 Å². The van der Waals surface area contributed by atoms with E-state index in [0.29, 0.717) is 16.5 Å². The Hall–Kier alpha value is -1.67. The molecule has 1 aromatic heterocycles. The molecule has 1 saturated carbocycles. The van der Waals surface area contributed by atoms with Crippen LogP contribution in [0.2, 0.25) is 5.02 Å². The lowest BCUT2D eigenvalue weighted by Gasteiger charge is -2.53. The maximum absolute atomic E-state index is 10.5. The second-order valence-electron chi connectivity index (χ2n) is 6.88. The highest BCUT2D eigenvalue weighted by atomic mass is 35.5. The zero-order valence-electron chi connectivity index (χ0n) is 14.4. The fourth-order valence-electron chi connectivity index (χ4n) is 3.12. The van der Waals surface area contributed by atoms with Crippen LogP contribution in [0.1, 0.15) is 18.4 Å². The summed E-state index contributed by atoms with van der Waals surface area (Å²) in [6, 6.07) is 7.81. The van der Waals surface area contributed by atoms with Crippen LogP contribution >= 0.6 is 11.6 Å². The van der Waals surface area contributed by atoms with E-state index in [1.54, 1.807) is 24.5 Å². The van der Waals surface area contributed by atoms with E-state index in [1.807, 2.05) is 13.0 Å². The van der Waals surface area contributed by atoms with Crippen LogP contribution < -0.4 is 10.1 Å². The quantitative estimate of drug-likeness (QED) is 0.775. The van der Waals surface area contributed by atoms with Gasteiger partial charge in [-0.15, -0.1) is 0 Å². The third kappa shape index (κ3) is 4.73. The summed E-state index contributed by atoms with van der Waals surface area (Å²) in [7, 11) is -4.02. The summed E-state index contributed by atoms with van der Waals surface area (Å²) in [6.45, 7) is 4.15. The molecule has 1 saturated heterocycles. The van der Waals surface area contributed by atoms with E-state index in [-0.39, 0.29) is 4.90 Å². The predicted molar refractivity (Wildman–Crippen MR) is 99.2 cm³/mol. The molecule has 0 amide bonds. The van der Waals surface area contributed by atoms with E-state index in [1.165, 1.54) is 12.1 Å². The molecular formula is C18H21ClN2O4S. The van der Waals surface area contributed by atoms with Crippen LogP contribution in [-0.2, 0) is 10.1 Å². The number of rotatable bonds is 3. The topological polar surface area (TPSA) is 88.5 Å². The first-order chi connectivity index (χ1) is 12.3. The Morgan fingerprint density at radius 2 is 1.88 bits per heavy atom. The van der Waals surface area contributed by atoms with Crippen LogP contribution in [0.4, 0.5) is 0 Å². The van der Waals surface area contributed by atoms with E-state index < -0.39 is 10.1 Å². The van der Waals surface area contributed by atoms with Crippen molar-refractivity contribution in [2.24, 2.45) is 5.41 Å². The van der Waals surface area contributed by atoms with Gasteiger partial charge in [0.15, 0.2) is 0 Å². The number of hydrogen-bond donors (Lipinski definition) is 2. The molecule has 2 fully saturated rings. The van der Waals surface area contributed by atoms with Gasteiger partial charge in [-0.25, -0.2) is 0 Å². The number of nitrogens with one attached hydrogen (secondary N) is 1. The highest BCUT2D eigenvalue weighted by Crippen LogP contribution is 2.45. The second kappa shape index (κ2) is 7.52. The molecule has 140 valence electrons. The number of aromatic nitrogens is 1. The molecule has 0 atom stereocenters. The lowest BCUT2D eigenvalue weighted by Crippen LogP contribution is -2.62. The van der Waals surface area contributed by atoms with Crippen molar-refractivity contribution in [2.75, 3.05) is 13.1 Å². The molecular weight excluding hydrogens is 376 g/mol. The van der Waals surface area contributed by atoms with Crippen molar-refractivity contribution in [3.8, 4) is 5.75 Å². The van der Waals surface area contributed by atoms with Gasteiger partial charge in [0.1, 0.15) is 11.9 Å². The normalized spacial score (nSPS) is 18.3. The third-order valence-electron chi connectivity index (χ3n) is 4.62. The van der Waals surface area contributed by atoms with Crippen molar-refractivity contribution >= 4 is 21.7 Å². The lowest BCUT2D eigenvalue weighted by molar-refractivity contribution is -0.0496. The molecule has 2 N–H and O–H groups in total. The zero-order valence-corrected chi connectivity index (χ0v) is 15.9. The summed E-state index contributed by atoms with van der Waals surface area (Å²) in [5.74, 6) is 0.787. The van der Waals surface area contributed by atoms with Crippen LogP contribution in [0.5, 0.6) is 5.75 Å². The predicted octanol–water partition coefficient (Wildman–Crippen LogP) is 3.11. The van der Waals surface area contributed by atoms with E-state index in [9.17, 15) is 8.42 Å². The summed E-state index contributed by atoms with van der Waals surface area (Å²) >= 11 is 5.83. The minimum Gasteiger partial charge on any atom is -0.489 e. The van der Waals surface area contributed by atoms with Gasteiger partial charge in [-0.3, -0.25) is 9.54 Å². The van der Waals surface area contributed by atoms with Crippen molar-refractivity contribution in [3.05, 3.63) is 53.3 Å². The molecule has 0 bridgehead atoms. The van der Waals surface area contributed by atoms with E-state index in [4.69, 9.17) is 20.9 Å². The number of benzene rings is 1. The Labute approximate surface area is 158 Å². The highest BCUT2D eigenvalue weighted by Gasteiger charge is 2.49. The molecule has 1 spiro atoms. The number of ether oxygens (including phenoxy) is 1. The summed E-state index contributed by atoms with van der Waals surface area (Å²) in [6.07, 6.45) is 6.01. The first-order valence-corrected chi connectivity index (χ1v) is 10.1. The largest absolute Gasteiger partial charge is 0.489 e. The fraction of sp³-hybridized carbons (Fsp3) is 0.389. The third-order valence-corrected chi connectivity index (χ3v) is 5.70. The van der Waals surface area contributed by atoms with Gasteiger partial charge in [-0.05, 0) is 31.9 Å². The maximum Gasteiger partial charge on any atom is 0.294 e. The number of hydrogen-bond acceptors (Lipinski definition) is 5. The molecule has 0 radical (unpaired) electrons. The monoisotopic (exact) mass is 396 g/mol. The summed E-state index contributed by atoms with van der Waals surface area (Å²) in [5, 5.41) is 3.94. The van der Waals surface area contributed by atoms with E-state index in [0.717, 1.165) is 37.2 Å². The van der Waals surface area contributed by atoms with Gasteiger partial charge in [0.25, 0.3) is 10.1 Å². The summed E-state index contributed by atoms with van der Waals surface area (Å²) in [5.41, 5.74) is 1.51. The smallest absolute Gasteiger partial charge is 0.294 e. The maximum atomic E-state index is 10.5. The Morgan fingerprint density at radius 1 is 1.23 bits per heavy atom. The van der Waals surface area contributed by atoms with Gasteiger partial charge in [0.2, 0.25) is 0 Å². The number of aryl methyl sites for hydroxylation is 1. The van der Waals surface area contributed by atoms with Gasteiger partial charge in [-0.1, -0.05) is 29.3 Å². The van der Waals surface area contributed by atoms with Crippen molar-refractivity contribution < 1.29 is 17.7 Å². The minimum atomic E-state index is -4.02. The van der Waals surface area contributed by atoms with Crippen molar-refractivity contribution in [1.82, 2.24) is 10.3 Å².